The summed E-state index contributed by atoms with van der Waals surface area (Å²) in [6.45, 7) is 2.90. The lowest BCUT2D eigenvalue weighted by molar-refractivity contribution is -0.180. The molecule has 1 saturated heterocycles. The lowest BCUT2D eigenvalue weighted by Gasteiger charge is -2.61. The Hall–Kier alpha value is -3.95. The molecule has 5 fully saturated rings. The second-order valence-corrected chi connectivity index (χ2v) is 16.3. The van der Waals surface area contributed by atoms with Crippen molar-refractivity contribution in [2.75, 3.05) is 27.2 Å². The number of likely N-dealkylation sites (tertiary alicyclic amines) is 1. The van der Waals surface area contributed by atoms with E-state index in [-0.39, 0.29) is 43.7 Å². The van der Waals surface area contributed by atoms with Gasteiger partial charge in [0.2, 0.25) is 23.6 Å². The van der Waals surface area contributed by atoms with Crippen molar-refractivity contribution >= 4 is 46.0 Å². The molecule has 4 bridgehead atoms. The first-order valence-electron chi connectivity index (χ1n) is 18.4. The molecule has 3 aromatic rings. The van der Waals surface area contributed by atoms with Crippen LogP contribution in [0.5, 0.6) is 0 Å². The summed E-state index contributed by atoms with van der Waals surface area (Å²) >= 11 is 6.44. The first kappa shape index (κ1) is 35.5. The van der Waals surface area contributed by atoms with E-state index in [0.29, 0.717) is 42.7 Å². The Morgan fingerprint density at radius 3 is 2.27 bits per heavy atom. The molecule has 5 atom stereocenters. The van der Waals surface area contributed by atoms with Crippen LogP contribution in [0.4, 0.5) is 0 Å². The molecule has 4 amide bonds. The number of benzene rings is 3. The number of nitrogens with zero attached hydrogens (tertiary/aromatic N) is 3. The van der Waals surface area contributed by atoms with E-state index in [1.54, 1.807) is 27.8 Å². The normalized spacial score (nSPS) is 28.5. The predicted octanol–water partition coefficient (Wildman–Crippen LogP) is 5.21. The standard InChI is InChI=1S/C41H49ClN4O5/c1-4-44(2)38(50)40-19-27-15-28(20-40)22-41(21-27,25-40)39(51)46-24-32(47)18-35(46)36(48)43-34(17-26-13-14-29-9-5-6-10-30(29)16-26)37(49)45(3)23-31-11-7-8-12-33(31)42/h5-14,16,27-28,32,34-35,47H,4,15,17-25H2,1-3H3,(H,43,48). The molecular weight excluding hydrogens is 664 g/mol. The number of β-amino-alcohol motifs (C(OH)–C–C–N with tert-alkyl or cyclic N) is 1. The second-order valence-electron chi connectivity index (χ2n) is 15.9. The largest absolute Gasteiger partial charge is 0.391 e. The Morgan fingerprint density at radius 1 is 0.902 bits per heavy atom. The van der Waals surface area contributed by atoms with Crippen LogP contribution in [0.3, 0.4) is 0 Å². The fourth-order valence-electron chi connectivity index (χ4n) is 10.2. The highest BCUT2D eigenvalue weighted by molar-refractivity contribution is 6.31. The highest BCUT2D eigenvalue weighted by Gasteiger charge is 2.64. The van der Waals surface area contributed by atoms with Gasteiger partial charge in [-0.3, -0.25) is 19.2 Å². The zero-order valence-electron chi connectivity index (χ0n) is 29.8. The van der Waals surface area contributed by atoms with Gasteiger partial charge in [0, 0.05) is 51.6 Å². The zero-order valence-corrected chi connectivity index (χ0v) is 30.6. The predicted molar refractivity (Wildman–Crippen MR) is 196 cm³/mol. The van der Waals surface area contributed by atoms with E-state index in [2.05, 4.69) is 5.32 Å². The molecule has 8 rings (SSSR count). The smallest absolute Gasteiger partial charge is 0.245 e. The summed E-state index contributed by atoms with van der Waals surface area (Å²) in [4.78, 5) is 62.0. The summed E-state index contributed by atoms with van der Waals surface area (Å²) in [6, 6.07) is 19.5. The van der Waals surface area contributed by atoms with Gasteiger partial charge in [0.15, 0.2) is 0 Å². The molecule has 1 heterocycles. The van der Waals surface area contributed by atoms with Crippen molar-refractivity contribution in [3.8, 4) is 0 Å². The minimum absolute atomic E-state index is 0.0551. The van der Waals surface area contributed by atoms with Gasteiger partial charge in [-0.2, -0.15) is 0 Å². The summed E-state index contributed by atoms with van der Waals surface area (Å²) in [7, 11) is 3.54. The highest BCUT2D eigenvalue weighted by atomic mass is 35.5. The summed E-state index contributed by atoms with van der Waals surface area (Å²) in [6.07, 6.45) is 4.05. The van der Waals surface area contributed by atoms with Crippen molar-refractivity contribution in [1.82, 2.24) is 20.0 Å². The number of rotatable bonds is 10. The lowest BCUT2D eigenvalue weighted by Crippen LogP contribution is -2.63. The number of nitrogens with one attached hydrogen (secondary N) is 1. The minimum atomic E-state index is -0.925. The molecule has 270 valence electrons. The molecule has 0 spiro atoms. The van der Waals surface area contributed by atoms with E-state index in [4.69, 9.17) is 11.6 Å². The molecule has 2 N–H and O–H groups in total. The quantitative estimate of drug-likeness (QED) is 0.300. The average molecular weight is 713 g/mol. The summed E-state index contributed by atoms with van der Waals surface area (Å²) in [5.41, 5.74) is 0.397. The van der Waals surface area contributed by atoms with Crippen molar-refractivity contribution in [3.05, 3.63) is 82.9 Å². The fourth-order valence-corrected chi connectivity index (χ4v) is 10.4. The van der Waals surface area contributed by atoms with Crippen LogP contribution >= 0.6 is 11.6 Å². The minimum Gasteiger partial charge on any atom is -0.391 e. The van der Waals surface area contributed by atoms with Crippen molar-refractivity contribution in [2.45, 2.75) is 83.0 Å². The van der Waals surface area contributed by atoms with Gasteiger partial charge in [0.1, 0.15) is 12.1 Å². The molecule has 1 aliphatic heterocycles. The monoisotopic (exact) mass is 712 g/mol. The molecule has 51 heavy (non-hydrogen) atoms. The maximum atomic E-state index is 14.8. The molecule has 10 heteroatoms. The van der Waals surface area contributed by atoms with Gasteiger partial charge in [-0.15, -0.1) is 0 Å². The first-order chi connectivity index (χ1) is 24.4. The third kappa shape index (κ3) is 6.75. The van der Waals surface area contributed by atoms with Gasteiger partial charge in [-0.05, 0) is 85.3 Å². The van der Waals surface area contributed by atoms with E-state index < -0.39 is 34.9 Å². The van der Waals surface area contributed by atoms with Gasteiger partial charge in [-0.1, -0.05) is 72.3 Å². The number of carbonyl (C=O) groups is 4. The van der Waals surface area contributed by atoms with Crippen LogP contribution in [0.15, 0.2) is 66.7 Å². The maximum Gasteiger partial charge on any atom is 0.245 e. The third-order valence-corrected chi connectivity index (χ3v) is 12.6. The summed E-state index contributed by atoms with van der Waals surface area (Å²) in [5, 5.41) is 16.6. The zero-order chi connectivity index (χ0) is 36.1. The molecule has 4 aliphatic carbocycles. The molecule has 5 aliphatic rings. The number of fused-ring (bicyclic) bond motifs is 1. The number of hydrogen-bond acceptors (Lipinski definition) is 5. The fraction of sp³-hybridized carbons (Fsp3) is 0.512. The molecule has 4 saturated carbocycles. The topological polar surface area (TPSA) is 110 Å². The van der Waals surface area contributed by atoms with Crippen molar-refractivity contribution in [1.29, 1.82) is 0 Å². The van der Waals surface area contributed by atoms with Crippen LogP contribution in [-0.4, -0.2) is 88.8 Å². The molecular formula is C41H49ClN4O5. The SMILES string of the molecule is CCN(C)C(=O)C12CC3CC(C1)CC(C(=O)N1CC(O)CC1C(=O)NC(Cc1ccc4ccccc4c1)C(=O)N(C)Cc1ccccc1Cl)(C3)C2. The van der Waals surface area contributed by atoms with Crippen LogP contribution in [0.25, 0.3) is 10.8 Å². The number of aliphatic hydroxyl groups excluding tert-OH is 1. The van der Waals surface area contributed by atoms with Crippen LogP contribution in [0.2, 0.25) is 5.02 Å². The Kier molecular flexibility index (Phi) is 9.65. The molecule has 5 unspecified atom stereocenters. The Bertz CT molecular complexity index is 1830. The van der Waals surface area contributed by atoms with Crippen LogP contribution in [0, 0.1) is 22.7 Å². The maximum absolute atomic E-state index is 14.8. The second kappa shape index (κ2) is 13.9. The van der Waals surface area contributed by atoms with Crippen LogP contribution in [0.1, 0.15) is 63.0 Å². The Balaban J connectivity index is 1.14. The van der Waals surface area contributed by atoms with Gasteiger partial charge in [0.25, 0.3) is 0 Å². The van der Waals surface area contributed by atoms with Gasteiger partial charge >= 0.3 is 0 Å². The highest BCUT2D eigenvalue weighted by Crippen LogP contribution is 2.66. The number of halogens is 1. The van der Waals surface area contributed by atoms with E-state index in [1.165, 1.54) is 0 Å². The number of amides is 4. The Labute approximate surface area is 305 Å². The van der Waals surface area contributed by atoms with E-state index in [9.17, 15) is 24.3 Å². The van der Waals surface area contributed by atoms with E-state index in [1.807, 2.05) is 74.6 Å². The van der Waals surface area contributed by atoms with E-state index >= 15 is 0 Å². The average Bonchev–Trinajstić information content (AvgIpc) is 3.51. The van der Waals surface area contributed by atoms with Gasteiger partial charge in [-0.25, -0.2) is 0 Å². The third-order valence-electron chi connectivity index (χ3n) is 12.2. The molecule has 0 aromatic heterocycles. The lowest BCUT2D eigenvalue weighted by atomic mass is 9.43. The van der Waals surface area contributed by atoms with Crippen molar-refractivity contribution < 1.29 is 24.3 Å². The summed E-state index contributed by atoms with van der Waals surface area (Å²) in [5.74, 6) is -0.148. The number of carbonyl (C=O) groups excluding carboxylic acids is 4. The first-order valence-corrected chi connectivity index (χ1v) is 18.8. The van der Waals surface area contributed by atoms with E-state index in [0.717, 1.165) is 41.2 Å². The number of hydrogen-bond donors (Lipinski definition) is 2. The number of likely N-dealkylation sites (N-methyl/N-ethyl adjacent to an activating group) is 1. The van der Waals surface area contributed by atoms with Gasteiger partial charge in [0.05, 0.1) is 16.9 Å². The van der Waals surface area contributed by atoms with Crippen LogP contribution < -0.4 is 5.32 Å². The molecule has 3 aromatic carbocycles. The van der Waals surface area contributed by atoms with Crippen molar-refractivity contribution in [3.63, 3.8) is 0 Å². The summed E-state index contributed by atoms with van der Waals surface area (Å²) < 4.78 is 0. The molecule has 9 nitrogen and oxygen atoms in total. The van der Waals surface area contributed by atoms with Crippen LogP contribution in [-0.2, 0) is 32.1 Å². The van der Waals surface area contributed by atoms with Crippen molar-refractivity contribution in [2.24, 2.45) is 22.7 Å². The number of aliphatic hydroxyl groups is 1. The molecule has 0 radical (unpaired) electrons. The van der Waals surface area contributed by atoms with Gasteiger partial charge < -0.3 is 25.1 Å². The Morgan fingerprint density at radius 2 is 1.57 bits per heavy atom.